The molecule has 6 nitrogen and oxygen atoms in total. The molecule has 1 aliphatic rings. The number of rotatable bonds is 3. The van der Waals surface area contributed by atoms with Crippen LogP contribution in [0, 0.1) is 5.92 Å². The number of aromatic nitrogens is 3. The van der Waals surface area contributed by atoms with Gasteiger partial charge in [-0.05, 0) is 25.5 Å². The Morgan fingerprint density at radius 3 is 3.00 bits per heavy atom. The lowest BCUT2D eigenvalue weighted by atomic mass is 10.0. The fourth-order valence-corrected chi connectivity index (χ4v) is 2.52. The number of anilines is 1. The first kappa shape index (κ1) is 13.8. The largest absolute Gasteiger partial charge is 0.378 e. The number of carbonyl (C=O) groups excluding carboxylic acids is 1. The zero-order valence-corrected chi connectivity index (χ0v) is 12.1. The van der Waals surface area contributed by atoms with Gasteiger partial charge in [0.15, 0.2) is 5.82 Å². The molecule has 6 heteroatoms. The molecule has 2 aromatic rings. The number of carbonyl (C=O) groups is 1. The first-order valence-corrected chi connectivity index (χ1v) is 7.02. The molecule has 1 fully saturated rings. The van der Waals surface area contributed by atoms with E-state index in [9.17, 15) is 4.79 Å². The van der Waals surface area contributed by atoms with Crippen molar-refractivity contribution in [2.45, 2.75) is 19.4 Å². The Bertz CT molecular complexity index is 653. The summed E-state index contributed by atoms with van der Waals surface area (Å²) in [4.78, 5) is 16.5. The Morgan fingerprint density at radius 2 is 2.33 bits per heavy atom. The van der Waals surface area contributed by atoms with Gasteiger partial charge in [-0.3, -0.25) is 9.48 Å². The third kappa shape index (κ3) is 2.95. The molecule has 0 saturated carbocycles. The van der Waals surface area contributed by atoms with Crippen LogP contribution in [0.1, 0.15) is 13.3 Å². The fraction of sp³-hybridized carbons (Fsp3) is 0.400. The van der Waals surface area contributed by atoms with Gasteiger partial charge in [-0.25, -0.2) is 4.98 Å². The van der Waals surface area contributed by atoms with Gasteiger partial charge < -0.3 is 10.1 Å². The third-order valence-corrected chi connectivity index (χ3v) is 3.70. The zero-order chi connectivity index (χ0) is 14.8. The Hall–Kier alpha value is -2.21. The van der Waals surface area contributed by atoms with E-state index in [-0.39, 0.29) is 17.9 Å². The molecular weight excluding hydrogens is 268 g/mol. The molecule has 110 valence electrons. The lowest BCUT2D eigenvalue weighted by Gasteiger charge is -2.14. The van der Waals surface area contributed by atoms with E-state index in [4.69, 9.17) is 4.74 Å². The van der Waals surface area contributed by atoms with Crippen molar-refractivity contribution >= 4 is 11.6 Å². The van der Waals surface area contributed by atoms with E-state index in [2.05, 4.69) is 15.4 Å². The first-order valence-electron chi connectivity index (χ1n) is 7.02. The van der Waals surface area contributed by atoms with Crippen LogP contribution in [0.5, 0.6) is 0 Å². The maximum atomic E-state index is 12.3. The summed E-state index contributed by atoms with van der Waals surface area (Å²) in [6.07, 6.45) is 2.40. The predicted octanol–water partition coefficient (Wildman–Crippen LogP) is 1.85. The molecule has 1 amide bonds. The minimum absolute atomic E-state index is 0.00568. The highest BCUT2D eigenvalue weighted by atomic mass is 16.5. The van der Waals surface area contributed by atoms with Gasteiger partial charge in [0.25, 0.3) is 0 Å². The summed E-state index contributed by atoms with van der Waals surface area (Å²) in [7, 11) is 1.82. The number of nitrogens with one attached hydrogen (secondary N) is 1. The summed E-state index contributed by atoms with van der Waals surface area (Å²) >= 11 is 0. The molecule has 2 atom stereocenters. The molecule has 1 aromatic carbocycles. The molecule has 2 unspecified atom stereocenters. The standard InChI is InChI=1S/C15H18N4O2/c1-10-13(6-7-21-10)15(20)17-12-5-3-4-11(8-12)14-16-9-19(2)18-14/h3-5,8-10,13H,6-7H2,1-2H3,(H,17,20). The van der Waals surface area contributed by atoms with E-state index in [0.717, 1.165) is 17.7 Å². The highest BCUT2D eigenvalue weighted by Crippen LogP contribution is 2.24. The van der Waals surface area contributed by atoms with E-state index in [1.165, 1.54) is 0 Å². The van der Waals surface area contributed by atoms with Crippen molar-refractivity contribution in [2.75, 3.05) is 11.9 Å². The molecule has 0 radical (unpaired) electrons. The summed E-state index contributed by atoms with van der Waals surface area (Å²) in [5.41, 5.74) is 1.63. The van der Waals surface area contributed by atoms with Crippen molar-refractivity contribution in [2.24, 2.45) is 13.0 Å². The van der Waals surface area contributed by atoms with Gasteiger partial charge in [0.2, 0.25) is 5.91 Å². The molecule has 0 aliphatic carbocycles. The smallest absolute Gasteiger partial charge is 0.230 e. The van der Waals surface area contributed by atoms with E-state index in [0.29, 0.717) is 12.4 Å². The van der Waals surface area contributed by atoms with Crippen molar-refractivity contribution in [3.63, 3.8) is 0 Å². The van der Waals surface area contributed by atoms with Crippen LogP contribution in [0.2, 0.25) is 0 Å². The maximum Gasteiger partial charge on any atom is 0.230 e. The second kappa shape index (κ2) is 5.65. The minimum atomic E-state index is -0.0818. The van der Waals surface area contributed by atoms with Crippen LogP contribution < -0.4 is 5.32 Å². The van der Waals surface area contributed by atoms with Crippen LogP contribution in [0.25, 0.3) is 11.4 Å². The van der Waals surface area contributed by atoms with Crippen LogP contribution >= 0.6 is 0 Å². The summed E-state index contributed by atoms with van der Waals surface area (Å²) in [6, 6.07) is 7.56. The number of aryl methyl sites for hydroxylation is 1. The zero-order valence-electron chi connectivity index (χ0n) is 12.1. The molecular formula is C15H18N4O2. The average molecular weight is 286 g/mol. The van der Waals surface area contributed by atoms with Crippen LogP contribution in [-0.2, 0) is 16.6 Å². The normalized spacial score (nSPS) is 21.4. The SMILES string of the molecule is CC1OCCC1C(=O)Nc1cccc(-c2ncn(C)n2)c1. The summed E-state index contributed by atoms with van der Waals surface area (Å²) < 4.78 is 7.09. The van der Waals surface area contributed by atoms with E-state index >= 15 is 0 Å². The molecule has 1 aliphatic heterocycles. The minimum Gasteiger partial charge on any atom is -0.378 e. The van der Waals surface area contributed by atoms with E-state index in [1.807, 2.05) is 38.2 Å². The van der Waals surface area contributed by atoms with Gasteiger partial charge in [-0.2, -0.15) is 5.10 Å². The Morgan fingerprint density at radius 1 is 1.48 bits per heavy atom. The van der Waals surface area contributed by atoms with Crippen LogP contribution in [0.3, 0.4) is 0 Å². The third-order valence-electron chi connectivity index (χ3n) is 3.70. The van der Waals surface area contributed by atoms with Gasteiger partial charge in [-0.1, -0.05) is 12.1 Å². The van der Waals surface area contributed by atoms with Crippen LogP contribution in [-0.4, -0.2) is 33.4 Å². The molecule has 1 aromatic heterocycles. The molecule has 2 heterocycles. The molecule has 1 N–H and O–H groups in total. The Labute approximate surface area is 123 Å². The predicted molar refractivity (Wildman–Crippen MR) is 78.6 cm³/mol. The Kier molecular flexibility index (Phi) is 3.70. The quantitative estimate of drug-likeness (QED) is 0.935. The van der Waals surface area contributed by atoms with Crippen molar-refractivity contribution in [3.8, 4) is 11.4 Å². The number of nitrogens with zero attached hydrogens (tertiary/aromatic N) is 3. The van der Waals surface area contributed by atoms with Crippen LogP contribution in [0.4, 0.5) is 5.69 Å². The highest BCUT2D eigenvalue weighted by molar-refractivity contribution is 5.93. The number of hydrogen-bond donors (Lipinski definition) is 1. The van der Waals surface area contributed by atoms with Gasteiger partial charge in [-0.15, -0.1) is 0 Å². The number of benzene rings is 1. The first-order chi connectivity index (χ1) is 10.1. The van der Waals surface area contributed by atoms with Crippen molar-refractivity contribution < 1.29 is 9.53 Å². The number of hydrogen-bond acceptors (Lipinski definition) is 4. The maximum absolute atomic E-state index is 12.3. The van der Waals surface area contributed by atoms with Gasteiger partial charge in [0, 0.05) is 24.9 Å². The second-order valence-electron chi connectivity index (χ2n) is 5.28. The van der Waals surface area contributed by atoms with E-state index in [1.54, 1.807) is 11.0 Å². The van der Waals surface area contributed by atoms with Gasteiger partial charge in [0.1, 0.15) is 6.33 Å². The van der Waals surface area contributed by atoms with Crippen molar-refractivity contribution in [1.82, 2.24) is 14.8 Å². The summed E-state index contributed by atoms with van der Waals surface area (Å²) in [6.45, 7) is 2.59. The van der Waals surface area contributed by atoms with Crippen LogP contribution in [0.15, 0.2) is 30.6 Å². The lowest BCUT2D eigenvalue weighted by Crippen LogP contribution is -2.27. The second-order valence-corrected chi connectivity index (χ2v) is 5.28. The van der Waals surface area contributed by atoms with Gasteiger partial charge >= 0.3 is 0 Å². The fourth-order valence-electron chi connectivity index (χ4n) is 2.52. The topological polar surface area (TPSA) is 69.0 Å². The van der Waals surface area contributed by atoms with Gasteiger partial charge in [0.05, 0.1) is 12.0 Å². The molecule has 1 saturated heterocycles. The average Bonchev–Trinajstić information content (AvgIpc) is 3.08. The highest BCUT2D eigenvalue weighted by Gasteiger charge is 2.30. The number of amides is 1. The molecule has 3 rings (SSSR count). The van der Waals surface area contributed by atoms with Crippen molar-refractivity contribution in [1.29, 1.82) is 0 Å². The number of ether oxygens (including phenoxy) is 1. The molecule has 21 heavy (non-hydrogen) atoms. The Balaban J connectivity index is 1.76. The van der Waals surface area contributed by atoms with E-state index < -0.39 is 0 Å². The summed E-state index contributed by atoms with van der Waals surface area (Å²) in [5, 5.41) is 7.21. The molecule has 0 bridgehead atoms. The summed E-state index contributed by atoms with van der Waals surface area (Å²) in [5.74, 6) is 0.568. The molecule has 0 spiro atoms. The monoisotopic (exact) mass is 286 g/mol. The van der Waals surface area contributed by atoms with Crippen molar-refractivity contribution in [3.05, 3.63) is 30.6 Å². The lowest BCUT2D eigenvalue weighted by molar-refractivity contribution is -0.121.